The van der Waals surface area contributed by atoms with Crippen molar-refractivity contribution in [2.75, 3.05) is 30.8 Å². The van der Waals surface area contributed by atoms with Crippen molar-refractivity contribution >= 4 is 21.8 Å². The number of hydrogen-bond acceptors (Lipinski definition) is 9. The molecule has 5 rings (SSSR count). The Bertz CT molecular complexity index is 1570. The first-order valence-corrected chi connectivity index (χ1v) is 17.5. The molecule has 2 fully saturated rings. The first-order chi connectivity index (χ1) is 22.6. The lowest BCUT2D eigenvalue weighted by Crippen LogP contribution is -2.45. The number of aliphatic hydroxyl groups is 1. The highest BCUT2D eigenvalue weighted by atomic mass is 32.2. The lowest BCUT2D eigenvalue weighted by atomic mass is 10.0. The number of amides is 1. The Kier molecular flexibility index (Phi) is 11.6. The number of benzene rings is 3. The molecular weight excluding hydrogens is 624 g/mol. The van der Waals surface area contributed by atoms with Crippen molar-refractivity contribution in [3.63, 3.8) is 0 Å². The molecular formula is C35H44N2O9S. The number of anilines is 1. The van der Waals surface area contributed by atoms with Crippen LogP contribution in [0.2, 0.25) is 0 Å². The number of methoxy groups -OCH3 is 1. The Hall–Kier alpha value is -3.84. The number of fused-ring (bicyclic) bond motifs is 1. The van der Waals surface area contributed by atoms with E-state index in [0.717, 1.165) is 23.1 Å². The van der Waals surface area contributed by atoms with E-state index in [9.17, 15) is 18.3 Å². The van der Waals surface area contributed by atoms with E-state index in [4.69, 9.17) is 23.7 Å². The van der Waals surface area contributed by atoms with Crippen LogP contribution in [0.1, 0.15) is 37.0 Å². The molecule has 0 aliphatic carbocycles. The van der Waals surface area contributed by atoms with Crippen LogP contribution in [0.5, 0.6) is 11.5 Å². The fourth-order valence-electron chi connectivity index (χ4n) is 5.83. The molecule has 0 bridgehead atoms. The van der Waals surface area contributed by atoms with Gasteiger partial charge in [0.15, 0.2) is 6.29 Å². The van der Waals surface area contributed by atoms with E-state index >= 15 is 0 Å². The molecule has 2 saturated heterocycles. The molecule has 0 saturated carbocycles. The number of carbonyl (C=O) groups excluding carboxylic acids is 1. The van der Waals surface area contributed by atoms with Crippen LogP contribution in [-0.4, -0.2) is 70.2 Å². The summed E-state index contributed by atoms with van der Waals surface area (Å²) in [5.74, 6) is 0.831. The van der Waals surface area contributed by atoms with Gasteiger partial charge in [0.1, 0.15) is 30.3 Å². The van der Waals surface area contributed by atoms with Gasteiger partial charge in [0, 0.05) is 12.3 Å². The summed E-state index contributed by atoms with van der Waals surface area (Å²) >= 11 is 0. The molecule has 2 aliphatic heterocycles. The van der Waals surface area contributed by atoms with Crippen LogP contribution in [0, 0.1) is 11.8 Å². The molecule has 254 valence electrons. The summed E-state index contributed by atoms with van der Waals surface area (Å²) in [6, 6.07) is 21.8. The van der Waals surface area contributed by atoms with Gasteiger partial charge in [-0.2, -0.15) is 0 Å². The number of hydrogen-bond donors (Lipinski definition) is 3. The van der Waals surface area contributed by atoms with Gasteiger partial charge < -0.3 is 34.1 Å². The third kappa shape index (κ3) is 9.83. The highest BCUT2D eigenvalue weighted by Gasteiger charge is 2.43. The Balaban J connectivity index is 1.28. The lowest BCUT2D eigenvalue weighted by Gasteiger charge is -2.25. The molecule has 3 unspecified atom stereocenters. The second-order valence-corrected chi connectivity index (χ2v) is 14.2. The van der Waals surface area contributed by atoms with Gasteiger partial charge >= 0.3 is 6.09 Å². The highest BCUT2D eigenvalue weighted by molar-refractivity contribution is 7.92. The van der Waals surface area contributed by atoms with Crippen LogP contribution in [-0.2, 0) is 43.7 Å². The van der Waals surface area contributed by atoms with E-state index in [1.807, 2.05) is 44.2 Å². The van der Waals surface area contributed by atoms with Crippen molar-refractivity contribution in [1.29, 1.82) is 0 Å². The Morgan fingerprint density at radius 2 is 1.72 bits per heavy atom. The van der Waals surface area contributed by atoms with Crippen molar-refractivity contribution in [2.24, 2.45) is 11.8 Å². The lowest BCUT2D eigenvalue weighted by molar-refractivity contribution is -0.0905. The zero-order valence-electron chi connectivity index (χ0n) is 27.0. The minimum atomic E-state index is -4.07. The van der Waals surface area contributed by atoms with E-state index in [1.165, 1.54) is 0 Å². The summed E-state index contributed by atoms with van der Waals surface area (Å²) in [5, 5.41) is 14.1. The molecule has 1 amide bonds. The molecule has 11 nitrogen and oxygen atoms in total. The third-order valence-electron chi connectivity index (χ3n) is 8.24. The highest BCUT2D eigenvalue weighted by Crippen LogP contribution is 2.31. The summed E-state index contributed by atoms with van der Waals surface area (Å²) < 4.78 is 57.5. The van der Waals surface area contributed by atoms with E-state index in [0.29, 0.717) is 36.8 Å². The monoisotopic (exact) mass is 668 g/mol. The molecule has 0 spiro atoms. The maximum absolute atomic E-state index is 13.4. The van der Waals surface area contributed by atoms with Gasteiger partial charge in [-0.1, -0.05) is 56.3 Å². The van der Waals surface area contributed by atoms with Crippen LogP contribution < -0.4 is 19.5 Å². The van der Waals surface area contributed by atoms with Gasteiger partial charge in [-0.15, -0.1) is 0 Å². The topological polar surface area (TPSA) is 142 Å². The summed E-state index contributed by atoms with van der Waals surface area (Å²) in [4.78, 5) is 13.1. The number of ether oxygens (including phenoxy) is 5. The summed E-state index contributed by atoms with van der Waals surface area (Å²) in [6.45, 7) is 5.30. The van der Waals surface area contributed by atoms with Gasteiger partial charge in [0.25, 0.3) is 0 Å². The van der Waals surface area contributed by atoms with E-state index in [-0.39, 0.29) is 37.2 Å². The quantitative estimate of drug-likeness (QED) is 0.211. The average Bonchev–Trinajstić information content (AvgIpc) is 3.66. The van der Waals surface area contributed by atoms with Gasteiger partial charge in [0.05, 0.1) is 37.8 Å². The minimum absolute atomic E-state index is 0.00321. The van der Waals surface area contributed by atoms with E-state index in [1.54, 1.807) is 49.6 Å². The Labute approximate surface area is 276 Å². The largest absolute Gasteiger partial charge is 0.497 e. The molecule has 0 aromatic heterocycles. The van der Waals surface area contributed by atoms with E-state index in [2.05, 4.69) is 10.0 Å². The zero-order valence-corrected chi connectivity index (χ0v) is 27.8. The number of nitrogens with one attached hydrogen (secondary N) is 2. The maximum Gasteiger partial charge on any atom is 0.407 e. The van der Waals surface area contributed by atoms with Gasteiger partial charge in [-0.3, -0.25) is 4.72 Å². The molecule has 0 radical (unpaired) electrons. The maximum atomic E-state index is 13.4. The van der Waals surface area contributed by atoms with Crippen molar-refractivity contribution < 1.29 is 42.0 Å². The predicted molar refractivity (Wildman–Crippen MR) is 177 cm³/mol. The Morgan fingerprint density at radius 3 is 2.45 bits per heavy atom. The molecule has 3 aromatic rings. The number of sulfonamides is 1. The van der Waals surface area contributed by atoms with Crippen LogP contribution in [0.4, 0.5) is 10.5 Å². The fourth-order valence-corrected chi connectivity index (χ4v) is 7.12. The summed E-state index contributed by atoms with van der Waals surface area (Å²) in [7, 11) is -2.52. The third-order valence-corrected chi connectivity index (χ3v) is 9.55. The van der Waals surface area contributed by atoms with Crippen LogP contribution in [0.15, 0.2) is 72.8 Å². The summed E-state index contributed by atoms with van der Waals surface area (Å²) in [6.07, 6.45) is -2.41. The fraction of sp³-hybridized carbons (Fsp3) is 0.457. The minimum Gasteiger partial charge on any atom is -0.497 e. The van der Waals surface area contributed by atoms with Crippen molar-refractivity contribution in [1.82, 2.24) is 5.32 Å². The smallest absolute Gasteiger partial charge is 0.407 e. The van der Waals surface area contributed by atoms with Crippen LogP contribution in [0.25, 0.3) is 0 Å². The molecule has 47 heavy (non-hydrogen) atoms. The summed E-state index contributed by atoms with van der Waals surface area (Å²) in [5.41, 5.74) is 2.93. The average molecular weight is 669 g/mol. The van der Waals surface area contributed by atoms with Crippen molar-refractivity contribution in [3.05, 3.63) is 89.5 Å². The van der Waals surface area contributed by atoms with E-state index < -0.39 is 34.1 Å². The standard InChI is InChI=1S/C35H44N2O9S/c1-23(2)17-26-19-28(42-3)13-14-30(26)37-47(40,41)22-32(38)33(46-35(39)36-31-21-45-34-29(31)15-16-43-34)18-24-9-11-27(12-10-24)44-20-25-7-5-4-6-8-25/h4-14,19,23,29,31-34,37-38H,15-18,20-22H2,1-3H3,(H,36,39)/t29?,31?,32-,33-,34?/m0/s1. The zero-order chi connectivity index (χ0) is 33.4. The van der Waals surface area contributed by atoms with Gasteiger partial charge in [-0.05, 0) is 65.8 Å². The first-order valence-electron chi connectivity index (χ1n) is 15.9. The van der Waals surface area contributed by atoms with Crippen molar-refractivity contribution in [3.8, 4) is 11.5 Å². The molecule has 12 heteroatoms. The van der Waals surface area contributed by atoms with Gasteiger partial charge in [-0.25, -0.2) is 13.2 Å². The Morgan fingerprint density at radius 1 is 0.979 bits per heavy atom. The number of carbonyl (C=O) groups is 1. The van der Waals surface area contributed by atoms with Crippen molar-refractivity contribution in [2.45, 2.75) is 64.3 Å². The molecule has 2 heterocycles. The number of alkyl carbamates (subject to hydrolysis) is 1. The second-order valence-electron chi connectivity index (χ2n) is 12.4. The predicted octanol–water partition coefficient (Wildman–Crippen LogP) is 4.67. The van der Waals surface area contributed by atoms with Crippen LogP contribution in [0.3, 0.4) is 0 Å². The number of aliphatic hydroxyl groups excluding tert-OH is 1. The van der Waals surface area contributed by atoms with Crippen LogP contribution >= 0.6 is 0 Å². The first kappa shape index (κ1) is 34.5. The second kappa shape index (κ2) is 15.8. The molecule has 5 atom stereocenters. The van der Waals surface area contributed by atoms with Gasteiger partial charge in [0.2, 0.25) is 10.0 Å². The molecule has 2 aliphatic rings. The normalized spacial score (nSPS) is 20.3. The molecule has 3 aromatic carbocycles. The number of rotatable bonds is 15. The SMILES string of the molecule is COc1ccc(NS(=O)(=O)C[C@H](O)[C@H](Cc2ccc(OCc3ccccc3)cc2)OC(=O)NC2COC3OCCC23)c(CC(C)C)c1. The molecule has 3 N–H and O–H groups in total.